The van der Waals surface area contributed by atoms with Crippen LogP contribution < -0.4 is 5.32 Å². The summed E-state index contributed by atoms with van der Waals surface area (Å²) >= 11 is 0. The maximum Gasteiger partial charge on any atom is 0.199 e. The Morgan fingerprint density at radius 2 is 2.11 bits per heavy atom. The Morgan fingerprint density at radius 1 is 1.22 bits per heavy atom. The number of aliphatic hydroxyl groups is 1. The molecule has 0 radical (unpaired) electrons. The minimum atomic E-state index is -0.320. The molecule has 2 aromatic heterocycles. The van der Waals surface area contributed by atoms with E-state index in [0.717, 1.165) is 31.5 Å². The highest BCUT2D eigenvalue weighted by Gasteiger charge is 2.22. The Kier molecular flexibility index (Phi) is 3.06. The normalized spacial score (nSPS) is 24.9. The largest absolute Gasteiger partial charge is 0.391 e. The summed E-state index contributed by atoms with van der Waals surface area (Å²) in [6.45, 7) is 0. The van der Waals surface area contributed by atoms with Gasteiger partial charge >= 0.3 is 0 Å². The number of aromatic nitrogens is 5. The van der Waals surface area contributed by atoms with E-state index in [0.29, 0.717) is 5.65 Å². The van der Waals surface area contributed by atoms with Gasteiger partial charge in [0.1, 0.15) is 0 Å². The van der Waals surface area contributed by atoms with E-state index in [-0.39, 0.29) is 12.1 Å². The number of anilines is 1. The van der Waals surface area contributed by atoms with Gasteiger partial charge in [-0.05, 0) is 23.3 Å². The molecule has 2 aromatic rings. The van der Waals surface area contributed by atoms with Gasteiger partial charge < -0.3 is 10.4 Å². The van der Waals surface area contributed by atoms with Gasteiger partial charge in [0.25, 0.3) is 0 Å². The van der Waals surface area contributed by atoms with E-state index < -0.39 is 0 Å². The van der Waals surface area contributed by atoms with Crippen molar-refractivity contribution >= 4 is 11.5 Å². The summed E-state index contributed by atoms with van der Waals surface area (Å²) in [5.41, 5.74) is 0.600. The summed E-state index contributed by atoms with van der Waals surface area (Å²) in [6.07, 6.45) is 8.17. The monoisotopic (exact) mass is 248 g/mol. The van der Waals surface area contributed by atoms with Crippen molar-refractivity contribution in [3.05, 3.63) is 12.4 Å². The van der Waals surface area contributed by atoms with E-state index in [1.54, 1.807) is 16.9 Å². The minimum absolute atomic E-state index is 0.0455. The fourth-order valence-electron chi connectivity index (χ4n) is 2.42. The van der Waals surface area contributed by atoms with Gasteiger partial charge in [0, 0.05) is 0 Å². The summed E-state index contributed by atoms with van der Waals surface area (Å²) in [5, 5.41) is 24.8. The van der Waals surface area contributed by atoms with Gasteiger partial charge in [-0.25, -0.2) is 0 Å². The molecule has 0 aromatic carbocycles. The quantitative estimate of drug-likeness (QED) is 0.758. The number of fused-ring (bicyclic) bond motifs is 1. The van der Waals surface area contributed by atoms with Crippen LogP contribution in [-0.2, 0) is 0 Å². The molecule has 0 saturated heterocycles. The third-order valence-corrected chi connectivity index (χ3v) is 3.42. The topological polar surface area (TPSA) is 88.2 Å². The number of tetrazole rings is 1. The molecule has 3 rings (SSSR count). The van der Waals surface area contributed by atoms with Crippen LogP contribution in [0.5, 0.6) is 0 Å². The summed E-state index contributed by atoms with van der Waals surface area (Å²) in [4.78, 5) is 4.09. The number of nitrogens with zero attached hydrogens (tertiary/aromatic N) is 5. The van der Waals surface area contributed by atoms with Crippen molar-refractivity contribution in [3.63, 3.8) is 0 Å². The lowest BCUT2D eigenvalue weighted by Gasteiger charge is -2.22. The Balaban J connectivity index is 1.84. The fraction of sp³-hybridized carbons (Fsp3) is 0.636. The van der Waals surface area contributed by atoms with Crippen molar-refractivity contribution in [2.75, 3.05) is 5.32 Å². The van der Waals surface area contributed by atoms with E-state index in [9.17, 15) is 5.11 Å². The van der Waals surface area contributed by atoms with Crippen LogP contribution >= 0.6 is 0 Å². The van der Waals surface area contributed by atoms with E-state index in [2.05, 4.69) is 25.8 Å². The van der Waals surface area contributed by atoms with E-state index in [1.165, 1.54) is 6.42 Å². The zero-order valence-corrected chi connectivity index (χ0v) is 10.0. The van der Waals surface area contributed by atoms with Crippen LogP contribution in [0.2, 0.25) is 0 Å². The SMILES string of the molecule is OC1CCCCCC1Nc1cncc2nnnn12. The van der Waals surface area contributed by atoms with Crippen molar-refractivity contribution in [2.24, 2.45) is 0 Å². The predicted molar refractivity (Wildman–Crippen MR) is 65.1 cm³/mol. The maximum atomic E-state index is 10.1. The van der Waals surface area contributed by atoms with Gasteiger partial charge in [0.2, 0.25) is 0 Å². The summed E-state index contributed by atoms with van der Waals surface area (Å²) in [5.74, 6) is 0.725. The third kappa shape index (κ3) is 2.13. The Bertz CT molecular complexity index is 527. The van der Waals surface area contributed by atoms with Crippen LogP contribution in [0.4, 0.5) is 5.82 Å². The van der Waals surface area contributed by atoms with Gasteiger partial charge in [-0.15, -0.1) is 5.10 Å². The summed E-state index contributed by atoms with van der Waals surface area (Å²) < 4.78 is 1.60. The molecule has 2 atom stereocenters. The number of hydrogen-bond acceptors (Lipinski definition) is 6. The molecule has 0 spiro atoms. The highest BCUT2D eigenvalue weighted by molar-refractivity contribution is 5.44. The molecule has 0 aliphatic heterocycles. The van der Waals surface area contributed by atoms with E-state index >= 15 is 0 Å². The van der Waals surface area contributed by atoms with Gasteiger partial charge in [-0.3, -0.25) is 4.98 Å². The molecule has 0 bridgehead atoms. The van der Waals surface area contributed by atoms with E-state index in [1.807, 2.05) is 0 Å². The van der Waals surface area contributed by atoms with Crippen molar-refractivity contribution < 1.29 is 5.11 Å². The Morgan fingerprint density at radius 3 is 3.06 bits per heavy atom. The molecule has 1 fully saturated rings. The van der Waals surface area contributed by atoms with Crippen molar-refractivity contribution in [2.45, 2.75) is 44.2 Å². The standard InChI is InChI=1S/C11H16N6O/c18-9-5-3-1-2-4-8(9)13-10-6-12-7-11-14-15-16-17(10)11/h6-9,13,18H,1-5H2. The van der Waals surface area contributed by atoms with Crippen molar-refractivity contribution in [1.82, 2.24) is 25.0 Å². The highest BCUT2D eigenvalue weighted by atomic mass is 16.3. The molecule has 18 heavy (non-hydrogen) atoms. The maximum absolute atomic E-state index is 10.1. The second kappa shape index (κ2) is 4.85. The Hall–Kier alpha value is -1.76. The van der Waals surface area contributed by atoms with E-state index in [4.69, 9.17) is 0 Å². The average molecular weight is 248 g/mol. The van der Waals surface area contributed by atoms with Crippen LogP contribution in [0.15, 0.2) is 12.4 Å². The third-order valence-electron chi connectivity index (χ3n) is 3.42. The first-order chi connectivity index (χ1) is 8.84. The van der Waals surface area contributed by atoms with Crippen LogP contribution in [0.25, 0.3) is 5.65 Å². The number of rotatable bonds is 2. The van der Waals surface area contributed by atoms with Crippen LogP contribution in [-0.4, -0.2) is 42.3 Å². The molecule has 2 heterocycles. The lowest BCUT2D eigenvalue weighted by Crippen LogP contribution is -2.33. The zero-order valence-electron chi connectivity index (χ0n) is 10.0. The molecular weight excluding hydrogens is 232 g/mol. The lowest BCUT2D eigenvalue weighted by atomic mass is 10.1. The minimum Gasteiger partial charge on any atom is -0.391 e. The number of nitrogens with one attached hydrogen (secondary N) is 1. The zero-order chi connectivity index (χ0) is 12.4. The molecule has 1 aliphatic carbocycles. The summed E-state index contributed by atoms with van der Waals surface area (Å²) in [7, 11) is 0. The first-order valence-electron chi connectivity index (χ1n) is 6.31. The second-order valence-electron chi connectivity index (χ2n) is 4.70. The van der Waals surface area contributed by atoms with Crippen LogP contribution in [0, 0.1) is 0 Å². The van der Waals surface area contributed by atoms with Crippen molar-refractivity contribution in [1.29, 1.82) is 0 Å². The van der Waals surface area contributed by atoms with Gasteiger partial charge in [-0.2, -0.15) is 4.52 Å². The molecular formula is C11H16N6O. The van der Waals surface area contributed by atoms with Gasteiger partial charge in [0.05, 0.1) is 24.5 Å². The lowest BCUT2D eigenvalue weighted by molar-refractivity contribution is 0.144. The van der Waals surface area contributed by atoms with Gasteiger partial charge in [0.15, 0.2) is 11.5 Å². The molecule has 96 valence electrons. The highest BCUT2D eigenvalue weighted by Crippen LogP contribution is 2.21. The second-order valence-corrected chi connectivity index (χ2v) is 4.70. The van der Waals surface area contributed by atoms with Crippen LogP contribution in [0.1, 0.15) is 32.1 Å². The smallest absolute Gasteiger partial charge is 0.199 e. The molecule has 7 nitrogen and oxygen atoms in total. The van der Waals surface area contributed by atoms with Crippen LogP contribution in [0.3, 0.4) is 0 Å². The molecule has 0 amide bonds. The molecule has 2 N–H and O–H groups in total. The number of aliphatic hydroxyl groups excluding tert-OH is 1. The summed E-state index contributed by atoms with van der Waals surface area (Å²) in [6, 6.07) is 0.0455. The molecule has 7 heteroatoms. The predicted octanol–water partition coefficient (Wildman–Crippen LogP) is 0.625. The van der Waals surface area contributed by atoms with Crippen molar-refractivity contribution in [3.8, 4) is 0 Å². The first kappa shape index (κ1) is 11.3. The average Bonchev–Trinajstić information content (AvgIpc) is 2.77. The molecule has 1 saturated carbocycles. The molecule has 2 unspecified atom stereocenters. The number of hydrogen-bond donors (Lipinski definition) is 2. The van der Waals surface area contributed by atoms with Gasteiger partial charge in [-0.1, -0.05) is 19.3 Å². The first-order valence-corrected chi connectivity index (χ1v) is 6.31. The molecule has 1 aliphatic rings. The fourth-order valence-corrected chi connectivity index (χ4v) is 2.42. The Labute approximate surface area is 104 Å².